The Morgan fingerprint density at radius 3 is 2.95 bits per heavy atom. The van der Waals surface area contributed by atoms with Crippen molar-refractivity contribution in [3.63, 3.8) is 0 Å². The number of carbonyl (C=O) groups is 1. The van der Waals surface area contributed by atoms with Gasteiger partial charge in [0.1, 0.15) is 11.6 Å². The number of anilines is 1. The van der Waals surface area contributed by atoms with Gasteiger partial charge in [0.15, 0.2) is 0 Å². The molecule has 0 fully saturated rings. The first-order valence-corrected chi connectivity index (χ1v) is 7.38. The van der Waals surface area contributed by atoms with E-state index < -0.39 is 5.82 Å². The minimum Gasteiger partial charge on any atom is -0.320 e. The largest absolute Gasteiger partial charge is 0.320 e. The molecule has 1 aromatic carbocycles. The van der Waals surface area contributed by atoms with Crippen molar-refractivity contribution >= 4 is 23.3 Å². The maximum Gasteiger partial charge on any atom is 0.225 e. The van der Waals surface area contributed by atoms with Crippen molar-refractivity contribution in [2.75, 3.05) is 18.9 Å². The van der Waals surface area contributed by atoms with Crippen molar-refractivity contribution in [1.82, 2.24) is 15.1 Å². The fraction of sp³-hybridized carbons (Fsp3) is 0.333. The fourth-order valence-corrected chi connectivity index (χ4v) is 2.12. The zero-order valence-electron chi connectivity index (χ0n) is 12.3. The van der Waals surface area contributed by atoms with Crippen LogP contribution in [-0.2, 0) is 11.3 Å². The van der Waals surface area contributed by atoms with Gasteiger partial charge in [0.2, 0.25) is 5.91 Å². The first-order valence-electron chi connectivity index (χ1n) is 7.00. The van der Waals surface area contributed by atoms with Crippen molar-refractivity contribution in [1.29, 1.82) is 0 Å². The van der Waals surface area contributed by atoms with E-state index in [1.54, 1.807) is 23.0 Å². The van der Waals surface area contributed by atoms with Gasteiger partial charge in [-0.25, -0.2) is 9.07 Å². The summed E-state index contributed by atoms with van der Waals surface area (Å²) in [7, 11) is 1.85. The minimum atomic E-state index is -0.469. The molecule has 2 aromatic rings. The third kappa shape index (κ3) is 4.54. The van der Waals surface area contributed by atoms with Crippen LogP contribution in [0, 0.1) is 5.82 Å². The summed E-state index contributed by atoms with van der Waals surface area (Å²) in [6.45, 7) is 1.14. The zero-order valence-corrected chi connectivity index (χ0v) is 13.0. The monoisotopic (exact) mass is 324 g/mol. The molecule has 0 spiro atoms. The van der Waals surface area contributed by atoms with Crippen LogP contribution in [0.4, 0.5) is 10.2 Å². The topological polar surface area (TPSA) is 59.0 Å². The van der Waals surface area contributed by atoms with Gasteiger partial charge >= 0.3 is 0 Å². The number of nitrogens with one attached hydrogen (secondary N) is 2. The molecule has 7 heteroatoms. The summed E-state index contributed by atoms with van der Waals surface area (Å²) in [6.07, 6.45) is 2.79. The zero-order chi connectivity index (χ0) is 15.9. The van der Waals surface area contributed by atoms with Crippen LogP contribution in [0.3, 0.4) is 0 Å². The number of carbonyl (C=O) groups excluding carboxylic acids is 1. The molecule has 0 aliphatic rings. The molecule has 0 radical (unpaired) electrons. The number of amides is 1. The van der Waals surface area contributed by atoms with Gasteiger partial charge in [-0.15, -0.1) is 0 Å². The van der Waals surface area contributed by atoms with Crippen LogP contribution in [0.5, 0.6) is 0 Å². The maximum absolute atomic E-state index is 13.5. The highest BCUT2D eigenvalue weighted by Crippen LogP contribution is 2.17. The SMILES string of the molecule is CNCCCC(=O)Nc1ccnn1Cc1ccc(Cl)c(F)c1. The van der Waals surface area contributed by atoms with Gasteiger partial charge in [0, 0.05) is 12.5 Å². The molecule has 0 aliphatic carbocycles. The Morgan fingerprint density at radius 1 is 1.41 bits per heavy atom. The van der Waals surface area contributed by atoms with E-state index in [2.05, 4.69) is 15.7 Å². The standard InChI is InChI=1S/C15H18ClFN4O/c1-18-7-2-3-15(22)20-14-6-8-19-21(14)10-11-4-5-12(16)13(17)9-11/h4-6,8-9,18H,2-3,7,10H2,1H3,(H,20,22). The predicted octanol–water partition coefficient (Wildman–Crippen LogP) is 2.66. The fourth-order valence-electron chi connectivity index (χ4n) is 2.01. The second-order valence-electron chi connectivity index (χ2n) is 4.88. The summed E-state index contributed by atoms with van der Waals surface area (Å²) in [5, 5.41) is 10.0. The summed E-state index contributed by atoms with van der Waals surface area (Å²) in [5.41, 5.74) is 0.719. The van der Waals surface area contributed by atoms with Crippen LogP contribution in [0.25, 0.3) is 0 Å². The molecule has 0 aliphatic heterocycles. The van der Waals surface area contributed by atoms with Crippen molar-refractivity contribution in [3.8, 4) is 0 Å². The molecule has 0 saturated heterocycles. The van der Waals surface area contributed by atoms with Crippen LogP contribution in [0.1, 0.15) is 18.4 Å². The van der Waals surface area contributed by atoms with E-state index in [0.717, 1.165) is 18.5 Å². The van der Waals surface area contributed by atoms with Crippen molar-refractivity contribution in [2.24, 2.45) is 0 Å². The van der Waals surface area contributed by atoms with E-state index in [1.807, 2.05) is 7.05 Å². The van der Waals surface area contributed by atoms with Crippen LogP contribution in [0.15, 0.2) is 30.5 Å². The van der Waals surface area contributed by atoms with E-state index in [1.165, 1.54) is 12.1 Å². The number of rotatable bonds is 7. The molecular formula is C15H18ClFN4O. The third-order valence-electron chi connectivity index (χ3n) is 3.13. The van der Waals surface area contributed by atoms with Crippen LogP contribution < -0.4 is 10.6 Å². The van der Waals surface area contributed by atoms with Crippen LogP contribution >= 0.6 is 11.6 Å². The highest BCUT2D eigenvalue weighted by Gasteiger charge is 2.09. The molecule has 0 bridgehead atoms. The number of halogens is 2. The minimum absolute atomic E-state index is 0.0701. The van der Waals surface area contributed by atoms with Crippen molar-refractivity contribution in [2.45, 2.75) is 19.4 Å². The van der Waals surface area contributed by atoms with Gasteiger partial charge in [0.05, 0.1) is 17.8 Å². The number of nitrogens with zero attached hydrogens (tertiary/aromatic N) is 2. The summed E-state index contributed by atoms with van der Waals surface area (Å²) >= 11 is 5.66. The Bertz CT molecular complexity index is 644. The Morgan fingerprint density at radius 2 is 2.23 bits per heavy atom. The van der Waals surface area contributed by atoms with E-state index in [-0.39, 0.29) is 10.9 Å². The molecule has 0 saturated carbocycles. The Labute approximate surface area is 133 Å². The third-order valence-corrected chi connectivity index (χ3v) is 3.44. The van der Waals surface area contributed by atoms with E-state index in [9.17, 15) is 9.18 Å². The molecule has 5 nitrogen and oxygen atoms in total. The molecule has 1 heterocycles. The maximum atomic E-state index is 13.5. The Balaban J connectivity index is 1.99. The van der Waals surface area contributed by atoms with Gasteiger partial charge in [-0.2, -0.15) is 5.10 Å². The first-order chi connectivity index (χ1) is 10.6. The van der Waals surface area contributed by atoms with Crippen molar-refractivity contribution < 1.29 is 9.18 Å². The van der Waals surface area contributed by atoms with Gasteiger partial charge in [-0.05, 0) is 37.7 Å². The highest BCUT2D eigenvalue weighted by atomic mass is 35.5. The highest BCUT2D eigenvalue weighted by molar-refractivity contribution is 6.30. The van der Waals surface area contributed by atoms with E-state index >= 15 is 0 Å². The summed E-state index contributed by atoms with van der Waals surface area (Å²) < 4.78 is 15.1. The Hall–Kier alpha value is -1.92. The summed E-state index contributed by atoms with van der Waals surface area (Å²) in [4.78, 5) is 11.8. The van der Waals surface area contributed by atoms with Crippen molar-refractivity contribution in [3.05, 3.63) is 46.9 Å². The quantitative estimate of drug-likeness (QED) is 0.770. The van der Waals surface area contributed by atoms with Gasteiger partial charge < -0.3 is 10.6 Å². The lowest BCUT2D eigenvalue weighted by atomic mass is 10.2. The molecule has 22 heavy (non-hydrogen) atoms. The molecule has 0 atom stereocenters. The lowest BCUT2D eigenvalue weighted by Gasteiger charge is -2.09. The lowest BCUT2D eigenvalue weighted by Crippen LogP contribution is -2.18. The van der Waals surface area contributed by atoms with Gasteiger partial charge in [0.25, 0.3) is 0 Å². The Kier molecular flexibility index (Phi) is 5.91. The number of hydrogen-bond donors (Lipinski definition) is 2. The van der Waals surface area contributed by atoms with Crippen LogP contribution in [0.2, 0.25) is 5.02 Å². The normalized spacial score (nSPS) is 10.7. The predicted molar refractivity (Wildman–Crippen MR) is 84.5 cm³/mol. The average Bonchev–Trinajstić information content (AvgIpc) is 2.90. The smallest absolute Gasteiger partial charge is 0.225 e. The second-order valence-corrected chi connectivity index (χ2v) is 5.29. The summed E-state index contributed by atoms with van der Waals surface area (Å²) in [6, 6.07) is 6.31. The van der Waals surface area contributed by atoms with E-state index in [4.69, 9.17) is 11.6 Å². The van der Waals surface area contributed by atoms with Gasteiger partial charge in [-0.3, -0.25) is 4.79 Å². The molecule has 1 aromatic heterocycles. The molecule has 2 N–H and O–H groups in total. The van der Waals surface area contributed by atoms with E-state index in [0.29, 0.717) is 18.8 Å². The molecule has 0 unspecified atom stereocenters. The second kappa shape index (κ2) is 7.91. The molecule has 1 amide bonds. The lowest BCUT2D eigenvalue weighted by molar-refractivity contribution is -0.116. The average molecular weight is 325 g/mol. The molecule has 118 valence electrons. The number of aromatic nitrogens is 2. The summed E-state index contributed by atoms with van der Waals surface area (Å²) in [5.74, 6) is 0.0491. The molecule has 2 rings (SSSR count). The molecular weight excluding hydrogens is 307 g/mol. The number of hydrogen-bond acceptors (Lipinski definition) is 3. The van der Waals surface area contributed by atoms with Gasteiger partial charge in [-0.1, -0.05) is 17.7 Å². The number of benzene rings is 1. The van der Waals surface area contributed by atoms with Crippen LogP contribution in [-0.4, -0.2) is 29.3 Å². The first kappa shape index (κ1) is 16.5.